The van der Waals surface area contributed by atoms with Crippen molar-refractivity contribution in [2.45, 2.75) is 0 Å². The molecule has 0 radical (unpaired) electrons. The minimum Gasteiger partial charge on any atom is -0.350 e. The van der Waals surface area contributed by atoms with E-state index in [0.29, 0.717) is 11.3 Å². The van der Waals surface area contributed by atoms with E-state index in [1.54, 1.807) is 24.3 Å². The Bertz CT molecular complexity index is 668. The number of nitro benzene ring substituents is 1. The van der Waals surface area contributed by atoms with Crippen molar-refractivity contribution in [3.8, 4) is 0 Å². The van der Waals surface area contributed by atoms with Crippen LogP contribution in [0.25, 0.3) is 0 Å². The third-order valence-electron chi connectivity index (χ3n) is 2.64. The number of benzene rings is 2. The van der Waals surface area contributed by atoms with Crippen LogP contribution in [0.1, 0.15) is 5.56 Å². The first-order valence-electron chi connectivity index (χ1n) is 6.01. The van der Waals surface area contributed by atoms with E-state index in [4.69, 9.17) is 5.73 Å². The molecule has 0 saturated carbocycles. The molecular formula is C14H12N4O3. The fourth-order valence-electron chi connectivity index (χ4n) is 1.63. The predicted octanol–water partition coefficient (Wildman–Crippen LogP) is 2.51. The highest BCUT2D eigenvalue weighted by molar-refractivity contribution is 5.92. The van der Waals surface area contributed by atoms with E-state index >= 15 is 0 Å². The maximum Gasteiger partial charge on any atom is 0.340 e. The Kier molecular flexibility index (Phi) is 4.25. The molecule has 2 rings (SSSR count). The lowest BCUT2D eigenvalue weighted by molar-refractivity contribution is -0.384. The number of urea groups is 1. The molecule has 106 valence electrons. The summed E-state index contributed by atoms with van der Waals surface area (Å²) in [5, 5.41) is 15.6. The van der Waals surface area contributed by atoms with Crippen LogP contribution < -0.4 is 10.7 Å². The summed E-state index contributed by atoms with van der Waals surface area (Å²) in [6.07, 6.45) is 1.40. The molecule has 0 aliphatic heterocycles. The van der Waals surface area contributed by atoms with Gasteiger partial charge in [-0.3, -0.25) is 10.1 Å². The van der Waals surface area contributed by atoms with Gasteiger partial charge in [0.2, 0.25) is 0 Å². The van der Waals surface area contributed by atoms with Crippen LogP contribution in [-0.2, 0) is 0 Å². The van der Waals surface area contributed by atoms with Gasteiger partial charge >= 0.3 is 6.03 Å². The van der Waals surface area contributed by atoms with E-state index in [9.17, 15) is 14.9 Å². The number of hydrogen-bond acceptors (Lipinski definition) is 4. The first-order chi connectivity index (χ1) is 10.1. The highest BCUT2D eigenvalue weighted by Gasteiger charge is 2.09. The zero-order chi connectivity index (χ0) is 15.2. The number of para-hydroxylation sites is 1. The first kappa shape index (κ1) is 14.2. The van der Waals surface area contributed by atoms with Gasteiger partial charge in [-0.2, -0.15) is 10.1 Å². The van der Waals surface area contributed by atoms with E-state index in [-0.39, 0.29) is 5.69 Å². The highest BCUT2D eigenvalue weighted by Crippen LogP contribution is 2.14. The summed E-state index contributed by atoms with van der Waals surface area (Å²) >= 11 is 0. The number of non-ortho nitro benzene ring substituents is 1. The number of primary amides is 1. The zero-order valence-electron chi connectivity index (χ0n) is 10.9. The topological polar surface area (TPSA) is 102 Å². The van der Waals surface area contributed by atoms with Gasteiger partial charge in [-0.15, -0.1) is 0 Å². The van der Waals surface area contributed by atoms with Crippen LogP contribution in [0.5, 0.6) is 0 Å². The summed E-state index contributed by atoms with van der Waals surface area (Å²) in [6.45, 7) is 0. The molecule has 0 heterocycles. The summed E-state index contributed by atoms with van der Waals surface area (Å²) in [5.74, 6) is 0. The number of nitro groups is 1. The number of hydrogen-bond donors (Lipinski definition) is 1. The SMILES string of the molecule is NC(=O)N(/N=C/c1ccc([N+](=O)[O-])cc1)c1ccccc1. The Balaban J connectivity index is 2.21. The van der Waals surface area contributed by atoms with E-state index < -0.39 is 11.0 Å². The zero-order valence-corrected chi connectivity index (χ0v) is 10.9. The minimum atomic E-state index is -0.723. The van der Waals surface area contributed by atoms with E-state index in [1.165, 1.54) is 30.5 Å². The Morgan fingerprint density at radius 2 is 1.76 bits per heavy atom. The molecule has 0 atom stereocenters. The lowest BCUT2D eigenvalue weighted by Gasteiger charge is -2.13. The average Bonchev–Trinajstić information content (AvgIpc) is 2.48. The van der Waals surface area contributed by atoms with Crippen molar-refractivity contribution in [2.75, 3.05) is 5.01 Å². The second-order valence-corrected chi connectivity index (χ2v) is 4.08. The van der Waals surface area contributed by atoms with Crippen molar-refractivity contribution in [1.82, 2.24) is 0 Å². The molecule has 2 aromatic carbocycles. The molecule has 2 N–H and O–H groups in total. The van der Waals surface area contributed by atoms with Crippen molar-refractivity contribution in [1.29, 1.82) is 0 Å². The molecule has 0 spiro atoms. The fraction of sp³-hybridized carbons (Fsp3) is 0. The van der Waals surface area contributed by atoms with Gasteiger partial charge in [-0.05, 0) is 29.8 Å². The molecule has 0 aliphatic carbocycles. The van der Waals surface area contributed by atoms with Crippen LogP contribution in [0.4, 0.5) is 16.2 Å². The number of nitrogens with zero attached hydrogens (tertiary/aromatic N) is 3. The molecule has 0 aliphatic rings. The molecule has 2 aromatic rings. The van der Waals surface area contributed by atoms with Gasteiger partial charge in [0.05, 0.1) is 16.8 Å². The third-order valence-corrected chi connectivity index (χ3v) is 2.64. The number of rotatable bonds is 4. The Morgan fingerprint density at radius 3 is 2.29 bits per heavy atom. The number of amides is 2. The standard InChI is InChI=1S/C14H12N4O3/c15-14(19)17(12-4-2-1-3-5-12)16-10-11-6-8-13(9-7-11)18(20)21/h1-10H,(H2,15,19)/b16-10+. The highest BCUT2D eigenvalue weighted by atomic mass is 16.6. The van der Waals surface area contributed by atoms with Crippen molar-refractivity contribution in [3.05, 3.63) is 70.3 Å². The molecular weight excluding hydrogens is 272 g/mol. The largest absolute Gasteiger partial charge is 0.350 e. The molecule has 0 aromatic heterocycles. The summed E-state index contributed by atoms with van der Waals surface area (Å²) in [7, 11) is 0. The van der Waals surface area contributed by atoms with Crippen molar-refractivity contribution in [2.24, 2.45) is 10.8 Å². The van der Waals surface area contributed by atoms with Crippen LogP contribution in [-0.4, -0.2) is 17.2 Å². The van der Waals surface area contributed by atoms with Crippen LogP contribution >= 0.6 is 0 Å². The van der Waals surface area contributed by atoms with Gasteiger partial charge in [-0.1, -0.05) is 18.2 Å². The van der Waals surface area contributed by atoms with Gasteiger partial charge in [0.25, 0.3) is 5.69 Å². The number of nitrogens with two attached hydrogens (primary N) is 1. The van der Waals surface area contributed by atoms with Crippen molar-refractivity contribution in [3.63, 3.8) is 0 Å². The number of hydrazone groups is 1. The molecule has 0 saturated heterocycles. The second-order valence-electron chi connectivity index (χ2n) is 4.08. The normalized spacial score (nSPS) is 10.5. The number of carbonyl (C=O) groups is 1. The monoisotopic (exact) mass is 284 g/mol. The third kappa shape index (κ3) is 3.63. The average molecular weight is 284 g/mol. The summed E-state index contributed by atoms with van der Waals surface area (Å²) < 4.78 is 0. The molecule has 7 heteroatoms. The predicted molar refractivity (Wildman–Crippen MR) is 79.2 cm³/mol. The minimum absolute atomic E-state index is 0.0121. The molecule has 2 amide bonds. The van der Waals surface area contributed by atoms with Crippen LogP contribution in [0.15, 0.2) is 59.7 Å². The summed E-state index contributed by atoms with van der Waals surface area (Å²) in [4.78, 5) is 21.5. The lowest BCUT2D eigenvalue weighted by Crippen LogP contribution is -2.31. The van der Waals surface area contributed by atoms with Gasteiger partial charge in [0.15, 0.2) is 0 Å². The van der Waals surface area contributed by atoms with E-state index in [0.717, 1.165) is 5.01 Å². The number of carbonyl (C=O) groups excluding carboxylic acids is 1. The smallest absolute Gasteiger partial charge is 0.340 e. The first-order valence-corrected chi connectivity index (χ1v) is 6.01. The quantitative estimate of drug-likeness (QED) is 0.530. The maximum absolute atomic E-state index is 11.4. The molecule has 0 unspecified atom stereocenters. The van der Waals surface area contributed by atoms with Gasteiger partial charge in [-0.25, -0.2) is 4.79 Å². The molecule has 21 heavy (non-hydrogen) atoms. The van der Waals surface area contributed by atoms with E-state index in [1.807, 2.05) is 6.07 Å². The fourth-order valence-corrected chi connectivity index (χ4v) is 1.63. The van der Waals surface area contributed by atoms with Gasteiger partial charge in [0.1, 0.15) is 0 Å². The molecule has 0 bridgehead atoms. The Labute approximate surface area is 120 Å². The second kappa shape index (κ2) is 6.29. The maximum atomic E-state index is 11.4. The molecule has 7 nitrogen and oxygen atoms in total. The Hall–Kier alpha value is -3.22. The lowest BCUT2D eigenvalue weighted by atomic mass is 10.2. The summed E-state index contributed by atoms with van der Waals surface area (Å²) in [5.41, 5.74) is 6.41. The van der Waals surface area contributed by atoms with Gasteiger partial charge < -0.3 is 5.73 Å². The van der Waals surface area contributed by atoms with Crippen LogP contribution in [0, 0.1) is 10.1 Å². The van der Waals surface area contributed by atoms with Crippen molar-refractivity contribution >= 4 is 23.6 Å². The van der Waals surface area contributed by atoms with E-state index in [2.05, 4.69) is 5.10 Å². The van der Waals surface area contributed by atoms with Crippen LogP contribution in [0.3, 0.4) is 0 Å². The molecule has 0 fully saturated rings. The summed E-state index contributed by atoms with van der Waals surface area (Å²) in [6, 6.07) is 13.8. The van der Waals surface area contributed by atoms with Crippen LogP contribution in [0.2, 0.25) is 0 Å². The van der Waals surface area contributed by atoms with Crippen molar-refractivity contribution < 1.29 is 9.72 Å². The Morgan fingerprint density at radius 1 is 1.14 bits per heavy atom. The number of anilines is 1. The van der Waals surface area contributed by atoms with Gasteiger partial charge in [0, 0.05) is 12.1 Å².